The van der Waals surface area contributed by atoms with Crippen molar-refractivity contribution in [1.82, 2.24) is 4.72 Å². The number of rotatable bonds is 4. The van der Waals surface area contributed by atoms with Crippen LogP contribution in [0.4, 0.5) is 11.4 Å². The van der Waals surface area contributed by atoms with Crippen LogP contribution in [0.5, 0.6) is 0 Å². The Bertz CT molecular complexity index is 744. The van der Waals surface area contributed by atoms with Gasteiger partial charge in [-0.05, 0) is 31.7 Å². The smallest absolute Gasteiger partial charge is 0.240 e. The van der Waals surface area contributed by atoms with Crippen molar-refractivity contribution in [2.45, 2.75) is 17.4 Å². The molecule has 0 amide bonds. The minimum Gasteiger partial charge on any atom is -0.397 e. The highest BCUT2D eigenvalue weighted by Crippen LogP contribution is 2.29. The molecule has 1 aromatic rings. The molecule has 0 saturated carbocycles. The Balaban J connectivity index is 2.30. The summed E-state index contributed by atoms with van der Waals surface area (Å²) >= 11 is 0. The lowest BCUT2D eigenvalue weighted by molar-refractivity contribution is 0.588. The van der Waals surface area contributed by atoms with Crippen LogP contribution < -0.4 is 15.4 Å². The van der Waals surface area contributed by atoms with E-state index in [1.165, 1.54) is 19.2 Å². The van der Waals surface area contributed by atoms with Gasteiger partial charge in [-0.3, -0.25) is 0 Å². The quantitative estimate of drug-likeness (QED) is 0.739. The lowest BCUT2D eigenvalue weighted by Crippen LogP contribution is -2.33. The van der Waals surface area contributed by atoms with Gasteiger partial charge in [0.15, 0.2) is 9.84 Å². The van der Waals surface area contributed by atoms with Gasteiger partial charge in [0, 0.05) is 13.1 Å². The van der Waals surface area contributed by atoms with Gasteiger partial charge in [0.05, 0.1) is 27.8 Å². The third-order valence-corrected chi connectivity index (χ3v) is 6.88. The summed E-state index contributed by atoms with van der Waals surface area (Å²) in [5.74, 6) is 0.271. The first-order valence-electron chi connectivity index (χ1n) is 6.42. The highest BCUT2D eigenvalue weighted by Gasteiger charge is 2.31. The Hall–Kier alpha value is -1.32. The first kappa shape index (κ1) is 16.1. The number of nitrogens with two attached hydrogens (primary N) is 1. The van der Waals surface area contributed by atoms with Crippen LogP contribution >= 0.6 is 0 Å². The van der Waals surface area contributed by atoms with Crippen LogP contribution in [-0.4, -0.2) is 48.5 Å². The van der Waals surface area contributed by atoms with Crippen molar-refractivity contribution in [3.8, 4) is 0 Å². The van der Waals surface area contributed by atoms with E-state index in [0.29, 0.717) is 17.8 Å². The van der Waals surface area contributed by atoms with Crippen molar-refractivity contribution < 1.29 is 16.8 Å². The second-order valence-corrected chi connectivity index (χ2v) is 9.21. The number of hydrogen-bond acceptors (Lipinski definition) is 6. The second-order valence-electron chi connectivity index (χ2n) is 5.10. The number of nitrogens with one attached hydrogen (secondary N) is 1. The number of sulfone groups is 1. The van der Waals surface area contributed by atoms with Crippen molar-refractivity contribution in [3.63, 3.8) is 0 Å². The van der Waals surface area contributed by atoms with Crippen molar-refractivity contribution in [1.29, 1.82) is 0 Å². The summed E-state index contributed by atoms with van der Waals surface area (Å²) in [6.07, 6.45) is 0.550. The molecular formula is C12H19N3O4S2. The van der Waals surface area contributed by atoms with E-state index in [9.17, 15) is 16.8 Å². The molecule has 0 aromatic heterocycles. The van der Waals surface area contributed by atoms with Gasteiger partial charge in [0.1, 0.15) is 0 Å². The Morgan fingerprint density at radius 2 is 2.05 bits per heavy atom. The summed E-state index contributed by atoms with van der Waals surface area (Å²) in [6, 6.07) is 4.30. The number of sulfonamides is 1. The molecule has 118 valence electrons. The molecule has 0 radical (unpaired) electrons. The van der Waals surface area contributed by atoms with Crippen molar-refractivity contribution >= 4 is 31.2 Å². The number of hydrogen-bond donors (Lipinski definition) is 2. The standard InChI is InChI=1S/C12H19N3O4S2/c1-14-21(18,19)10-3-4-12(11(13)7-10)15(2)9-5-6-20(16,17)8-9/h3-4,7,9,14H,5-6,8,13H2,1-2H3. The lowest BCUT2D eigenvalue weighted by Gasteiger charge is -2.27. The Labute approximate surface area is 125 Å². The third kappa shape index (κ3) is 3.30. The largest absolute Gasteiger partial charge is 0.397 e. The molecule has 1 heterocycles. The predicted octanol–water partition coefficient (Wildman–Crippen LogP) is -0.200. The molecule has 1 unspecified atom stereocenters. The molecule has 0 spiro atoms. The Kier molecular flexibility index (Phi) is 4.18. The summed E-state index contributed by atoms with van der Waals surface area (Å²) in [4.78, 5) is 1.88. The molecule has 2 rings (SSSR count). The molecule has 7 nitrogen and oxygen atoms in total. The van der Waals surface area contributed by atoms with E-state index in [0.717, 1.165) is 0 Å². The zero-order chi connectivity index (χ0) is 15.8. The number of benzene rings is 1. The van der Waals surface area contributed by atoms with Gasteiger partial charge in [-0.1, -0.05) is 0 Å². The maximum absolute atomic E-state index is 11.7. The lowest BCUT2D eigenvalue weighted by atomic mass is 10.2. The first-order valence-corrected chi connectivity index (χ1v) is 9.73. The molecule has 21 heavy (non-hydrogen) atoms. The topological polar surface area (TPSA) is 110 Å². The summed E-state index contributed by atoms with van der Waals surface area (Å²) in [5, 5.41) is 0. The molecule has 1 saturated heterocycles. The molecule has 3 N–H and O–H groups in total. The molecule has 0 bridgehead atoms. The third-order valence-electron chi connectivity index (χ3n) is 3.71. The fourth-order valence-corrected chi connectivity index (χ4v) is 4.96. The molecule has 1 aliphatic heterocycles. The van der Waals surface area contributed by atoms with Crippen molar-refractivity contribution in [2.24, 2.45) is 0 Å². The predicted molar refractivity (Wildman–Crippen MR) is 82.6 cm³/mol. The molecule has 0 aliphatic carbocycles. The minimum absolute atomic E-state index is 0.0821. The summed E-state index contributed by atoms with van der Waals surface area (Å²) in [7, 11) is -3.43. The maximum atomic E-state index is 11.7. The summed E-state index contributed by atoms with van der Waals surface area (Å²) < 4.78 is 48.7. The normalized spacial score (nSPS) is 21.3. The van der Waals surface area contributed by atoms with E-state index in [-0.39, 0.29) is 22.4 Å². The summed E-state index contributed by atoms with van der Waals surface area (Å²) in [5.41, 5.74) is 6.86. The molecule has 1 atom stereocenters. The van der Waals surface area contributed by atoms with Crippen LogP contribution in [0.15, 0.2) is 23.1 Å². The fourth-order valence-electron chi connectivity index (χ4n) is 2.42. The van der Waals surface area contributed by atoms with E-state index in [1.807, 2.05) is 0 Å². The number of nitrogen functional groups attached to an aromatic ring is 1. The maximum Gasteiger partial charge on any atom is 0.240 e. The average molecular weight is 333 g/mol. The Morgan fingerprint density at radius 3 is 2.52 bits per heavy atom. The van der Waals surface area contributed by atoms with Gasteiger partial charge in [-0.2, -0.15) is 0 Å². The molecule has 1 aliphatic rings. The van der Waals surface area contributed by atoms with Crippen LogP contribution in [0.1, 0.15) is 6.42 Å². The van der Waals surface area contributed by atoms with E-state index in [1.54, 1.807) is 18.0 Å². The average Bonchev–Trinajstić information content (AvgIpc) is 2.78. The molecular weight excluding hydrogens is 314 g/mol. The highest BCUT2D eigenvalue weighted by atomic mass is 32.2. The molecule has 1 fully saturated rings. The monoisotopic (exact) mass is 333 g/mol. The van der Waals surface area contributed by atoms with Crippen LogP contribution in [0, 0.1) is 0 Å². The summed E-state index contributed by atoms with van der Waals surface area (Å²) in [6.45, 7) is 0. The van der Waals surface area contributed by atoms with Crippen molar-refractivity contribution in [3.05, 3.63) is 18.2 Å². The minimum atomic E-state index is -3.55. The zero-order valence-electron chi connectivity index (χ0n) is 11.9. The van der Waals surface area contributed by atoms with E-state index >= 15 is 0 Å². The van der Waals surface area contributed by atoms with Crippen molar-refractivity contribution in [2.75, 3.05) is 36.2 Å². The first-order chi connectivity index (χ1) is 9.66. The van der Waals surface area contributed by atoms with Gasteiger partial charge in [-0.15, -0.1) is 0 Å². The SMILES string of the molecule is CNS(=O)(=O)c1ccc(N(C)C2CCS(=O)(=O)C2)c(N)c1. The van der Waals surface area contributed by atoms with Gasteiger partial charge < -0.3 is 10.6 Å². The van der Waals surface area contributed by atoms with Gasteiger partial charge in [0.25, 0.3) is 0 Å². The van der Waals surface area contributed by atoms with E-state index < -0.39 is 19.9 Å². The highest BCUT2D eigenvalue weighted by molar-refractivity contribution is 7.91. The van der Waals surface area contributed by atoms with Crippen LogP contribution in [-0.2, 0) is 19.9 Å². The van der Waals surface area contributed by atoms with E-state index in [2.05, 4.69) is 4.72 Å². The number of nitrogens with zero attached hydrogens (tertiary/aromatic N) is 1. The van der Waals surface area contributed by atoms with Crippen LogP contribution in [0.25, 0.3) is 0 Å². The molecule has 9 heteroatoms. The van der Waals surface area contributed by atoms with E-state index in [4.69, 9.17) is 5.73 Å². The molecule has 1 aromatic carbocycles. The number of anilines is 2. The van der Waals surface area contributed by atoms with Crippen LogP contribution in [0.2, 0.25) is 0 Å². The van der Waals surface area contributed by atoms with Gasteiger partial charge in [0.2, 0.25) is 10.0 Å². The van der Waals surface area contributed by atoms with Crippen LogP contribution in [0.3, 0.4) is 0 Å². The van der Waals surface area contributed by atoms with Gasteiger partial charge >= 0.3 is 0 Å². The fraction of sp³-hybridized carbons (Fsp3) is 0.500. The second kappa shape index (κ2) is 5.47. The Morgan fingerprint density at radius 1 is 1.38 bits per heavy atom. The van der Waals surface area contributed by atoms with Gasteiger partial charge in [-0.25, -0.2) is 21.6 Å². The zero-order valence-corrected chi connectivity index (χ0v) is 13.5.